The summed E-state index contributed by atoms with van der Waals surface area (Å²) in [6.07, 6.45) is 0. The van der Waals surface area contributed by atoms with Crippen molar-refractivity contribution in [3.63, 3.8) is 0 Å². The van der Waals surface area contributed by atoms with Crippen LogP contribution >= 0.6 is 0 Å². The Kier molecular flexibility index (Phi) is 3.66. The number of nitrogens with zero attached hydrogens (tertiary/aromatic N) is 3. The van der Waals surface area contributed by atoms with Crippen molar-refractivity contribution in [3.05, 3.63) is 47.3 Å². The second-order valence-electron chi connectivity index (χ2n) is 5.46. The van der Waals surface area contributed by atoms with Gasteiger partial charge in [0.25, 0.3) is 5.91 Å². The second kappa shape index (κ2) is 5.63. The number of benzene rings is 1. The SMILES string of the molecule is Cc1cc(C)n(-c2ccc(C(=O)N3CCNC(=O)C3)cc2)n1. The summed E-state index contributed by atoms with van der Waals surface area (Å²) in [7, 11) is 0. The average Bonchev–Trinajstić information content (AvgIpc) is 2.85. The van der Waals surface area contributed by atoms with Gasteiger partial charge in [0.2, 0.25) is 5.91 Å². The monoisotopic (exact) mass is 298 g/mol. The predicted octanol–water partition coefficient (Wildman–Crippen LogP) is 1.06. The lowest BCUT2D eigenvalue weighted by Gasteiger charge is -2.26. The van der Waals surface area contributed by atoms with Crippen molar-refractivity contribution in [3.8, 4) is 5.69 Å². The van der Waals surface area contributed by atoms with E-state index in [9.17, 15) is 9.59 Å². The number of carbonyl (C=O) groups excluding carboxylic acids is 2. The summed E-state index contributed by atoms with van der Waals surface area (Å²) in [6, 6.07) is 9.31. The Morgan fingerprint density at radius 1 is 1.23 bits per heavy atom. The minimum absolute atomic E-state index is 0.112. The van der Waals surface area contributed by atoms with Gasteiger partial charge in [0.1, 0.15) is 0 Å². The third kappa shape index (κ3) is 2.72. The minimum atomic E-state index is -0.116. The lowest BCUT2D eigenvalue weighted by atomic mass is 10.1. The van der Waals surface area contributed by atoms with Gasteiger partial charge in [-0.25, -0.2) is 4.68 Å². The van der Waals surface area contributed by atoms with Gasteiger partial charge in [0, 0.05) is 24.3 Å². The van der Waals surface area contributed by atoms with Crippen LogP contribution in [0.25, 0.3) is 5.69 Å². The third-order valence-electron chi connectivity index (χ3n) is 3.69. The van der Waals surface area contributed by atoms with Gasteiger partial charge in [-0.2, -0.15) is 5.10 Å². The number of nitrogens with one attached hydrogen (secondary N) is 1. The van der Waals surface area contributed by atoms with E-state index in [2.05, 4.69) is 10.4 Å². The summed E-state index contributed by atoms with van der Waals surface area (Å²) in [5, 5.41) is 7.14. The number of rotatable bonds is 2. The summed E-state index contributed by atoms with van der Waals surface area (Å²) in [4.78, 5) is 25.3. The van der Waals surface area contributed by atoms with Gasteiger partial charge in [-0.1, -0.05) is 0 Å². The Bertz CT molecular complexity index is 718. The molecule has 6 heteroatoms. The van der Waals surface area contributed by atoms with Gasteiger partial charge in [-0.05, 0) is 44.2 Å². The highest BCUT2D eigenvalue weighted by molar-refractivity contribution is 5.97. The largest absolute Gasteiger partial charge is 0.353 e. The molecule has 1 fully saturated rings. The average molecular weight is 298 g/mol. The van der Waals surface area contributed by atoms with Crippen LogP contribution in [0.5, 0.6) is 0 Å². The van der Waals surface area contributed by atoms with Crippen molar-refractivity contribution in [2.45, 2.75) is 13.8 Å². The lowest BCUT2D eigenvalue weighted by Crippen LogP contribution is -2.49. The third-order valence-corrected chi connectivity index (χ3v) is 3.69. The number of hydrogen-bond donors (Lipinski definition) is 1. The van der Waals surface area contributed by atoms with Crippen LogP contribution in [-0.2, 0) is 4.79 Å². The summed E-state index contributed by atoms with van der Waals surface area (Å²) >= 11 is 0. The van der Waals surface area contributed by atoms with E-state index in [1.54, 1.807) is 17.0 Å². The maximum absolute atomic E-state index is 12.4. The van der Waals surface area contributed by atoms with Gasteiger partial charge in [-0.3, -0.25) is 9.59 Å². The minimum Gasteiger partial charge on any atom is -0.353 e. The zero-order valence-corrected chi connectivity index (χ0v) is 12.7. The quantitative estimate of drug-likeness (QED) is 0.901. The predicted molar refractivity (Wildman–Crippen MR) is 82.0 cm³/mol. The highest BCUT2D eigenvalue weighted by Gasteiger charge is 2.22. The van der Waals surface area contributed by atoms with Gasteiger partial charge in [0.05, 0.1) is 17.9 Å². The first-order valence-corrected chi connectivity index (χ1v) is 7.24. The topological polar surface area (TPSA) is 67.2 Å². The molecule has 2 amide bonds. The molecule has 0 aliphatic carbocycles. The van der Waals surface area contributed by atoms with Crippen LogP contribution < -0.4 is 5.32 Å². The molecule has 0 bridgehead atoms. The molecule has 114 valence electrons. The summed E-state index contributed by atoms with van der Waals surface area (Å²) in [6.45, 7) is 5.12. The fraction of sp³-hybridized carbons (Fsp3) is 0.312. The van der Waals surface area contributed by atoms with E-state index in [1.807, 2.05) is 36.7 Å². The summed E-state index contributed by atoms with van der Waals surface area (Å²) in [5.74, 6) is -0.228. The normalized spacial score (nSPS) is 14.8. The smallest absolute Gasteiger partial charge is 0.254 e. The van der Waals surface area contributed by atoms with Crippen molar-refractivity contribution < 1.29 is 9.59 Å². The summed E-state index contributed by atoms with van der Waals surface area (Å²) in [5.41, 5.74) is 3.50. The molecule has 2 aromatic rings. The molecule has 6 nitrogen and oxygen atoms in total. The van der Waals surface area contributed by atoms with Crippen LogP contribution in [0.3, 0.4) is 0 Å². The van der Waals surface area contributed by atoms with E-state index in [-0.39, 0.29) is 18.4 Å². The number of carbonyl (C=O) groups is 2. The van der Waals surface area contributed by atoms with Crippen LogP contribution in [0.4, 0.5) is 0 Å². The molecule has 0 saturated carbocycles. The van der Waals surface area contributed by atoms with Crippen molar-refractivity contribution in [2.24, 2.45) is 0 Å². The highest BCUT2D eigenvalue weighted by Crippen LogP contribution is 2.14. The molecule has 0 unspecified atom stereocenters. The van der Waals surface area contributed by atoms with Crippen LogP contribution in [-0.4, -0.2) is 46.1 Å². The van der Waals surface area contributed by atoms with E-state index >= 15 is 0 Å². The molecule has 22 heavy (non-hydrogen) atoms. The molecule has 1 aromatic heterocycles. The fourth-order valence-electron chi connectivity index (χ4n) is 2.63. The Hall–Kier alpha value is -2.63. The number of piperazine rings is 1. The number of hydrogen-bond acceptors (Lipinski definition) is 3. The highest BCUT2D eigenvalue weighted by atomic mass is 16.2. The van der Waals surface area contributed by atoms with Gasteiger partial charge >= 0.3 is 0 Å². The summed E-state index contributed by atoms with van der Waals surface area (Å²) < 4.78 is 1.85. The second-order valence-corrected chi connectivity index (χ2v) is 5.46. The molecule has 1 aromatic carbocycles. The first-order chi connectivity index (χ1) is 10.5. The maximum atomic E-state index is 12.4. The Labute approximate surface area is 128 Å². The molecule has 3 rings (SSSR count). The van der Waals surface area contributed by atoms with Crippen LogP contribution in [0.1, 0.15) is 21.7 Å². The van der Waals surface area contributed by atoms with Gasteiger partial charge < -0.3 is 10.2 Å². The number of aryl methyl sites for hydroxylation is 2. The number of aromatic nitrogens is 2. The molecule has 0 atom stereocenters. The Balaban J connectivity index is 1.80. The van der Waals surface area contributed by atoms with Crippen molar-refractivity contribution in [1.29, 1.82) is 0 Å². The van der Waals surface area contributed by atoms with Crippen molar-refractivity contribution in [2.75, 3.05) is 19.6 Å². The van der Waals surface area contributed by atoms with E-state index < -0.39 is 0 Å². The van der Waals surface area contributed by atoms with Crippen LogP contribution in [0.15, 0.2) is 30.3 Å². The van der Waals surface area contributed by atoms with Gasteiger partial charge in [-0.15, -0.1) is 0 Å². The molecule has 1 saturated heterocycles. The Morgan fingerprint density at radius 2 is 1.95 bits per heavy atom. The van der Waals surface area contributed by atoms with E-state index in [0.29, 0.717) is 18.7 Å². The van der Waals surface area contributed by atoms with E-state index in [4.69, 9.17) is 0 Å². The molecular weight excluding hydrogens is 280 g/mol. The molecular formula is C16H18N4O2. The number of amides is 2. The van der Waals surface area contributed by atoms with Crippen LogP contribution in [0.2, 0.25) is 0 Å². The van der Waals surface area contributed by atoms with Gasteiger partial charge in [0.15, 0.2) is 0 Å². The van der Waals surface area contributed by atoms with E-state index in [1.165, 1.54) is 0 Å². The fourth-order valence-corrected chi connectivity index (χ4v) is 2.63. The molecule has 1 aliphatic heterocycles. The lowest BCUT2D eigenvalue weighted by molar-refractivity contribution is -0.123. The maximum Gasteiger partial charge on any atom is 0.254 e. The zero-order chi connectivity index (χ0) is 15.7. The Morgan fingerprint density at radius 3 is 2.55 bits per heavy atom. The molecule has 1 N–H and O–H groups in total. The van der Waals surface area contributed by atoms with E-state index in [0.717, 1.165) is 17.1 Å². The first-order valence-electron chi connectivity index (χ1n) is 7.24. The van der Waals surface area contributed by atoms with Crippen molar-refractivity contribution in [1.82, 2.24) is 20.0 Å². The molecule has 0 radical (unpaired) electrons. The standard InChI is InChI=1S/C16H18N4O2/c1-11-9-12(2)20(18-11)14-5-3-13(4-6-14)16(22)19-8-7-17-15(21)10-19/h3-6,9H,7-8,10H2,1-2H3,(H,17,21). The van der Waals surface area contributed by atoms with Crippen molar-refractivity contribution >= 4 is 11.8 Å². The first kappa shape index (κ1) is 14.3. The zero-order valence-electron chi connectivity index (χ0n) is 12.7. The van der Waals surface area contributed by atoms with Crippen LogP contribution in [0, 0.1) is 13.8 Å². The molecule has 2 heterocycles. The molecule has 0 spiro atoms. The molecule has 1 aliphatic rings.